The minimum Gasteiger partial charge on any atom is -0.315 e. The van der Waals surface area contributed by atoms with Crippen molar-refractivity contribution in [2.75, 3.05) is 11.8 Å². The highest BCUT2D eigenvalue weighted by atomic mass is 79.9. The van der Waals surface area contributed by atoms with Crippen LogP contribution in [0.5, 0.6) is 0 Å². The van der Waals surface area contributed by atoms with E-state index in [1.807, 2.05) is 0 Å². The second kappa shape index (κ2) is 6.39. The molecule has 1 heterocycles. The van der Waals surface area contributed by atoms with Crippen molar-refractivity contribution in [3.63, 3.8) is 0 Å². The molecule has 1 aromatic carbocycles. The normalized spacial score (nSPS) is 11.6. The molecule has 0 bridgehead atoms. The fourth-order valence-electron chi connectivity index (χ4n) is 1.62. The maximum atomic E-state index is 13.6. The molecule has 1 aromatic heterocycles. The average molecular weight is 397 g/mol. The summed E-state index contributed by atoms with van der Waals surface area (Å²) in [5.41, 5.74) is -0.428. The van der Waals surface area contributed by atoms with Crippen LogP contribution in [-0.4, -0.2) is 15.5 Å². The molecule has 2 N–H and O–H groups in total. The lowest BCUT2D eigenvalue weighted by Crippen LogP contribution is -2.14. The molecule has 0 saturated heterocycles. The molecule has 4 nitrogen and oxygen atoms in total. The topological polar surface area (TPSA) is 58.2 Å². The number of rotatable bonds is 5. The number of sulfonamides is 1. The molecule has 0 radical (unpaired) electrons. The fourth-order valence-corrected chi connectivity index (χ4v) is 5.38. The van der Waals surface area contributed by atoms with Crippen molar-refractivity contribution in [1.29, 1.82) is 0 Å². The molecular weight excluding hydrogens is 386 g/mol. The number of nitrogens with one attached hydrogen (secondary N) is 2. The Hall–Kier alpha value is -1.03. The Kier molecular flexibility index (Phi) is 4.97. The van der Waals surface area contributed by atoms with Crippen molar-refractivity contribution in [1.82, 2.24) is 5.32 Å². The zero-order valence-corrected chi connectivity index (χ0v) is 14.0. The first-order valence-corrected chi connectivity index (χ1v) is 8.84. The summed E-state index contributed by atoms with van der Waals surface area (Å²) < 4.78 is 53.6. The van der Waals surface area contributed by atoms with Crippen LogP contribution < -0.4 is 10.0 Å². The SMILES string of the molecule is CNCc1cc(S(=O)(=O)Nc2cccc(F)c2F)c(Br)s1. The van der Waals surface area contributed by atoms with E-state index in [1.54, 1.807) is 7.05 Å². The smallest absolute Gasteiger partial charge is 0.263 e. The van der Waals surface area contributed by atoms with Gasteiger partial charge in [0.25, 0.3) is 10.0 Å². The largest absolute Gasteiger partial charge is 0.315 e. The summed E-state index contributed by atoms with van der Waals surface area (Å²) >= 11 is 4.42. The van der Waals surface area contributed by atoms with Crippen LogP contribution in [0.4, 0.5) is 14.5 Å². The van der Waals surface area contributed by atoms with Crippen molar-refractivity contribution in [2.24, 2.45) is 0 Å². The van der Waals surface area contributed by atoms with Gasteiger partial charge in [0.05, 0.1) is 9.47 Å². The van der Waals surface area contributed by atoms with Gasteiger partial charge in [-0.2, -0.15) is 0 Å². The summed E-state index contributed by atoms with van der Waals surface area (Å²) in [5.74, 6) is -2.35. The standard InChI is InChI=1S/C12H11BrF2N2O2S2/c1-16-6-7-5-10(12(13)20-7)21(18,19)17-9-4-2-3-8(14)11(9)15/h2-5,16-17H,6H2,1H3. The molecule has 21 heavy (non-hydrogen) atoms. The van der Waals surface area contributed by atoms with Crippen molar-refractivity contribution in [3.8, 4) is 0 Å². The van der Waals surface area contributed by atoms with Crippen LogP contribution in [0.3, 0.4) is 0 Å². The highest BCUT2D eigenvalue weighted by Gasteiger charge is 2.22. The molecule has 0 atom stereocenters. The van der Waals surface area contributed by atoms with Crippen LogP contribution in [0.25, 0.3) is 0 Å². The van der Waals surface area contributed by atoms with E-state index in [4.69, 9.17) is 0 Å². The Morgan fingerprint density at radius 3 is 2.71 bits per heavy atom. The van der Waals surface area contributed by atoms with Crippen LogP contribution in [0.15, 0.2) is 32.9 Å². The van der Waals surface area contributed by atoms with E-state index in [0.717, 1.165) is 17.0 Å². The van der Waals surface area contributed by atoms with Crippen molar-refractivity contribution in [2.45, 2.75) is 11.4 Å². The molecule has 0 aliphatic rings. The summed E-state index contributed by atoms with van der Waals surface area (Å²) in [4.78, 5) is 0.783. The summed E-state index contributed by atoms with van der Waals surface area (Å²) in [6.45, 7) is 0.507. The third-order valence-electron chi connectivity index (χ3n) is 2.54. The molecule has 2 aromatic rings. The summed E-state index contributed by atoms with van der Waals surface area (Å²) in [6.07, 6.45) is 0. The van der Waals surface area contributed by atoms with Gasteiger partial charge in [0.1, 0.15) is 4.90 Å². The molecule has 0 spiro atoms. The van der Waals surface area contributed by atoms with Gasteiger partial charge in [-0.25, -0.2) is 17.2 Å². The van der Waals surface area contributed by atoms with Crippen molar-refractivity contribution >= 4 is 43.0 Å². The highest BCUT2D eigenvalue weighted by molar-refractivity contribution is 9.11. The lowest BCUT2D eigenvalue weighted by molar-refractivity contribution is 0.511. The third kappa shape index (κ3) is 3.60. The molecule has 9 heteroatoms. The predicted molar refractivity (Wildman–Crippen MR) is 81.9 cm³/mol. The van der Waals surface area contributed by atoms with Crippen LogP contribution in [0.2, 0.25) is 0 Å². The lowest BCUT2D eigenvalue weighted by atomic mass is 10.3. The monoisotopic (exact) mass is 396 g/mol. The molecular formula is C12H11BrF2N2O2S2. The summed E-state index contributed by atoms with van der Waals surface area (Å²) in [5, 5.41) is 2.91. The molecule has 0 aliphatic carbocycles. The molecule has 0 saturated carbocycles. The van der Waals surface area contributed by atoms with E-state index in [1.165, 1.54) is 23.5 Å². The van der Waals surface area contributed by atoms with Gasteiger partial charge in [0.2, 0.25) is 0 Å². The Labute approximate surface area is 133 Å². The van der Waals surface area contributed by atoms with Crippen LogP contribution in [0, 0.1) is 11.6 Å². The fraction of sp³-hybridized carbons (Fsp3) is 0.167. The second-order valence-corrected chi connectivity index (χ2v) is 8.19. The van der Waals surface area contributed by atoms with Gasteiger partial charge in [-0.05, 0) is 41.2 Å². The Balaban J connectivity index is 2.36. The molecule has 2 rings (SSSR count). The maximum Gasteiger partial charge on any atom is 0.263 e. The van der Waals surface area contributed by atoms with Crippen LogP contribution in [-0.2, 0) is 16.6 Å². The number of benzene rings is 1. The van der Waals surface area contributed by atoms with Gasteiger partial charge in [-0.3, -0.25) is 4.72 Å². The first-order valence-electron chi connectivity index (χ1n) is 5.75. The molecule has 114 valence electrons. The summed E-state index contributed by atoms with van der Waals surface area (Å²) in [6, 6.07) is 4.78. The average Bonchev–Trinajstić information content (AvgIpc) is 2.77. The minimum absolute atomic E-state index is 0.0126. The van der Waals surface area contributed by atoms with E-state index in [-0.39, 0.29) is 4.90 Å². The second-order valence-electron chi connectivity index (χ2n) is 4.09. The number of thiophene rings is 1. The number of hydrogen-bond acceptors (Lipinski definition) is 4. The van der Waals surface area contributed by atoms with E-state index < -0.39 is 27.3 Å². The Bertz CT molecular complexity index is 763. The Morgan fingerprint density at radius 2 is 2.05 bits per heavy atom. The van der Waals surface area contributed by atoms with Gasteiger partial charge in [-0.15, -0.1) is 11.3 Å². The van der Waals surface area contributed by atoms with Crippen LogP contribution >= 0.6 is 27.3 Å². The first-order chi connectivity index (χ1) is 9.85. The van der Waals surface area contributed by atoms with Crippen molar-refractivity contribution < 1.29 is 17.2 Å². The number of anilines is 1. The van der Waals surface area contributed by atoms with Gasteiger partial charge >= 0.3 is 0 Å². The van der Waals surface area contributed by atoms with E-state index in [2.05, 4.69) is 26.0 Å². The van der Waals surface area contributed by atoms with Crippen molar-refractivity contribution in [3.05, 3.63) is 44.6 Å². The van der Waals surface area contributed by atoms with E-state index in [0.29, 0.717) is 10.3 Å². The summed E-state index contributed by atoms with van der Waals surface area (Å²) in [7, 11) is -2.26. The quantitative estimate of drug-likeness (QED) is 0.814. The lowest BCUT2D eigenvalue weighted by Gasteiger charge is -2.08. The predicted octanol–water partition coefficient (Wildman–Crippen LogP) is 3.31. The first kappa shape index (κ1) is 16.3. The maximum absolute atomic E-state index is 13.6. The third-order valence-corrected chi connectivity index (χ3v) is 6.16. The zero-order chi connectivity index (χ0) is 15.6. The van der Waals surface area contributed by atoms with Gasteiger partial charge in [-0.1, -0.05) is 6.07 Å². The minimum atomic E-state index is -4.00. The van der Waals surface area contributed by atoms with E-state index in [9.17, 15) is 17.2 Å². The number of hydrogen-bond donors (Lipinski definition) is 2. The van der Waals surface area contributed by atoms with Crippen LogP contribution in [0.1, 0.15) is 4.88 Å². The number of halogens is 3. The zero-order valence-electron chi connectivity index (χ0n) is 10.8. The molecule has 0 unspecified atom stereocenters. The Morgan fingerprint density at radius 1 is 1.33 bits per heavy atom. The molecule has 0 amide bonds. The highest BCUT2D eigenvalue weighted by Crippen LogP contribution is 2.33. The van der Waals surface area contributed by atoms with Gasteiger partial charge in [0.15, 0.2) is 11.6 Å². The van der Waals surface area contributed by atoms with Gasteiger partial charge in [0, 0.05) is 11.4 Å². The van der Waals surface area contributed by atoms with E-state index >= 15 is 0 Å². The van der Waals surface area contributed by atoms with Gasteiger partial charge < -0.3 is 5.32 Å². The molecule has 0 fully saturated rings. The molecule has 0 aliphatic heterocycles.